The first-order valence-electron chi connectivity index (χ1n) is 8.58. The molecule has 1 aromatic carbocycles. The zero-order valence-electron chi connectivity index (χ0n) is 15.4. The molecule has 1 aliphatic rings. The van der Waals surface area contributed by atoms with Crippen LogP contribution in [0.4, 0.5) is 0 Å². The quantitative estimate of drug-likeness (QED) is 0.786. The van der Waals surface area contributed by atoms with Gasteiger partial charge in [0.05, 0.1) is 7.11 Å². The van der Waals surface area contributed by atoms with Crippen LogP contribution in [0.25, 0.3) is 0 Å². The molecule has 1 atom stereocenters. The lowest BCUT2D eigenvalue weighted by Gasteiger charge is -2.40. The van der Waals surface area contributed by atoms with Crippen LogP contribution in [0.15, 0.2) is 30.3 Å². The number of thioether (sulfide) groups is 1. The molecule has 0 aliphatic carbocycles. The van der Waals surface area contributed by atoms with Gasteiger partial charge in [-0.2, -0.15) is 11.8 Å². The normalized spacial score (nSPS) is 18.2. The molecule has 2 rings (SSSR count). The van der Waals surface area contributed by atoms with Gasteiger partial charge >= 0.3 is 5.97 Å². The summed E-state index contributed by atoms with van der Waals surface area (Å²) in [7, 11) is 1.37. The van der Waals surface area contributed by atoms with Crippen molar-refractivity contribution >= 4 is 23.6 Å². The molecule has 25 heavy (non-hydrogen) atoms. The highest BCUT2D eigenvalue weighted by atomic mass is 32.2. The van der Waals surface area contributed by atoms with Gasteiger partial charge in [-0.1, -0.05) is 30.3 Å². The molecule has 6 heteroatoms. The van der Waals surface area contributed by atoms with Gasteiger partial charge in [-0.3, -0.25) is 10.1 Å². The number of nitrogens with one attached hydrogen (secondary N) is 2. The van der Waals surface area contributed by atoms with Crippen LogP contribution >= 0.6 is 11.8 Å². The average Bonchev–Trinajstić information content (AvgIpc) is 2.59. The van der Waals surface area contributed by atoms with Gasteiger partial charge in [0.1, 0.15) is 11.6 Å². The third-order valence-electron chi connectivity index (χ3n) is 4.26. The highest BCUT2D eigenvalue weighted by molar-refractivity contribution is 7.99. The Bertz CT molecular complexity index is 592. The summed E-state index contributed by atoms with van der Waals surface area (Å²) in [5.41, 5.74) is -0.299. The van der Waals surface area contributed by atoms with Crippen molar-refractivity contribution < 1.29 is 14.3 Å². The highest BCUT2D eigenvalue weighted by Gasteiger charge is 2.44. The minimum Gasteiger partial charge on any atom is -0.468 e. The summed E-state index contributed by atoms with van der Waals surface area (Å²) in [6, 6.07) is 8.75. The van der Waals surface area contributed by atoms with E-state index in [1.54, 1.807) is 0 Å². The molecule has 1 fully saturated rings. The zero-order chi connectivity index (χ0) is 18.5. The van der Waals surface area contributed by atoms with E-state index in [0.717, 1.165) is 17.1 Å². The van der Waals surface area contributed by atoms with E-state index in [4.69, 9.17) is 4.74 Å². The minimum atomic E-state index is -0.771. The molecule has 0 radical (unpaired) electrons. The second-order valence-electron chi connectivity index (χ2n) is 7.41. The van der Waals surface area contributed by atoms with Crippen molar-refractivity contribution in [2.24, 2.45) is 0 Å². The first-order chi connectivity index (χ1) is 11.8. The van der Waals surface area contributed by atoms with Crippen LogP contribution in [0.5, 0.6) is 0 Å². The van der Waals surface area contributed by atoms with Crippen molar-refractivity contribution in [3.63, 3.8) is 0 Å². The molecule has 1 heterocycles. The maximum absolute atomic E-state index is 13.1. The topological polar surface area (TPSA) is 67.4 Å². The maximum atomic E-state index is 13.1. The van der Waals surface area contributed by atoms with E-state index in [1.807, 2.05) is 62.9 Å². The molecule has 1 aromatic rings. The predicted molar refractivity (Wildman–Crippen MR) is 102 cm³/mol. The van der Waals surface area contributed by atoms with Crippen LogP contribution < -0.4 is 10.6 Å². The molecule has 1 aliphatic heterocycles. The first kappa shape index (κ1) is 19.8. The van der Waals surface area contributed by atoms with Crippen molar-refractivity contribution in [2.75, 3.05) is 18.6 Å². The summed E-state index contributed by atoms with van der Waals surface area (Å²) < 4.78 is 5.00. The fraction of sp³-hybridized carbons (Fsp3) is 0.579. The van der Waals surface area contributed by atoms with Crippen molar-refractivity contribution in [1.82, 2.24) is 10.6 Å². The minimum absolute atomic E-state index is 0.0508. The monoisotopic (exact) mass is 364 g/mol. The van der Waals surface area contributed by atoms with Crippen LogP contribution in [0.2, 0.25) is 0 Å². The van der Waals surface area contributed by atoms with Crippen molar-refractivity contribution in [2.45, 2.75) is 50.7 Å². The number of hydrogen-bond acceptors (Lipinski definition) is 5. The Hall–Kier alpha value is -1.53. The summed E-state index contributed by atoms with van der Waals surface area (Å²) in [5, 5.41) is 6.44. The van der Waals surface area contributed by atoms with Gasteiger partial charge in [0.25, 0.3) is 0 Å². The second kappa shape index (κ2) is 8.23. The number of amides is 1. The highest BCUT2D eigenvalue weighted by Crippen LogP contribution is 2.31. The van der Waals surface area contributed by atoms with E-state index >= 15 is 0 Å². The molecule has 0 saturated carbocycles. The fourth-order valence-corrected chi connectivity index (χ4v) is 4.12. The van der Waals surface area contributed by atoms with Crippen molar-refractivity contribution in [3.05, 3.63) is 35.9 Å². The van der Waals surface area contributed by atoms with Crippen LogP contribution in [-0.2, 0) is 14.3 Å². The largest absolute Gasteiger partial charge is 0.468 e. The van der Waals surface area contributed by atoms with Crippen LogP contribution in [0, 0.1) is 0 Å². The lowest BCUT2D eigenvalue weighted by Crippen LogP contribution is -2.63. The number of benzene rings is 1. The smallest absolute Gasteiger partial charge is 0.327 e. The average molecular weight is 365 g/mol. The third-order valence-corrected chi connectivity index (χ3v) is 5.25. The van der Waals surface area contributed by atoms with Crippen molar-refractivity contribution in [1.29, 1.82) is 0 Å². The van der Waals surface area contributed by atoms with Gasteiger partial charge in [0, 0.05) is 5.54 Å². The molecule has 5 nitrogen and oxygen atoms in total. The summed E-state index contributed by atoms with van der Waals surface area (Å²) >= 11 is 1.83. The maximum Gasteiger partial charge on any atom is 0.327 e. The second-order valence-corrected chi connectivity index (χ2v) is 8.63. The van der Waals surface area contributed by atoms with E-state index in [1.165, 1.54) is 7.11 Å². The summed E-state index contributed by atoms with van der Waals surface area (Å²) in [4.78, 5) is 25.5. The third kappa shape index (κ3) is 5.22. The van der Waals surface area contributed by atoms with E-state index in [-0.39, 0.29) is 17.4 Å². The summed E-state index contributed by atoms with van der Waals surface area (Å²) in [5.74, 6) is 1.33. The molecule has 2 N–H and O–H groups in total. The van der Waals surface area contributed by atoms with Gasteiger partial charge in [-0.05, 0) is 50.7 Å². The zero-order valence-corrected chi connectivity index (χ0v) is 16.2. The summed E-state index contributed by atoms with van der Waals surface area (Å²) in [6.07, 6.45) is 1.36. The number of ether oxygens (including phenoxy) is 1. The number of methoxy groups -OCH3 is 1. The van der Waals surface area contributed by atoms with Gasteiger partial charge in [0.2, 0.25) is 5.91 Å². The van der Waals surface area contributed by atoms with Gasteiger partial charge in [0.15, 0.2) is 0 Å². The molecular formula is C19H28N2O3S. The number of carbonyl (C=O) groups excluding carboxylic acids is 2. The molecule has 138 valence electrons. The van der Waals surface area contributed by atoms with E-state index in [2.05, 4.69) is 10.6 Å². The fourth-order valence-electron chi connectivity index (χ4n) is 2.94. The molecular weight excluding hydrogens is 336 g/mol. The molecule has 1 unspecified atom stereocenters. The standard InChI is InChI=1S/C19H28N2O3S/c1-18(2,3)21-17(23)19(10-12-25-13-11-19)20-15(16(22)24-4)14-8-6-5-7-9-14/h5-9,15,20H,10-13H2,1-4H3,(H,21,23). The number of rotatable bonds is 5. The number of carbonyl (C=O) groups is 2. The van der Waals surface area contributed by atoms with E-state index in [9.17, 15) is 9.59 Å². The van der Waals surface area contributed by atoms with Crippen LogP contribution in [-0.4, -0.2) is 41.6 Å². The Kier molecular flexibility index (Phi) is 6.52. The Morgan fingerprint density at radius 1 is 1.16 bits per heavy atom. The lowest BCUT2D eigenvalue weighted by molar-refractivity contribution is -0.144. The van der Waals surface area contributed by atoms with Gasteiger partial charge in [-0.25, -0.2) is 4.79 Å². The number of esters is 1. The molecule has 1 saturated heterocycles. The van der Waals surface area contributed by atoms with Crippen molar-refractivity contribution in [3.8, 4) is 0 Å². The first-order valence-corrected chi connectivity index (χ1v) is 9.74. The van der Waals surface area contributed by atoms with Gasteiger partial charge < -0.3 is 10.1 Å². The molecule has 0 spiro atoms. The van der Waals surface area contributed by atoms with E-state index < -0.39 is 11.6 Å². The Labute approximate surface area is 154 Å². The lowest BCUT2D eigenvalue weighted by atomic mass is 9.87. The molecule has 1 amide bonds. The van der Waals surface area contributed by atoms with E-state index in [0.29, 0.717) is 12.8 Å². The Morgan fingerprint density at radius 3 is 2.28 bits per heavy atom. The SMILES string of the molecule is COC(=O)C(NC1(C(=O)NC(C)(C)C)CCSCC1)c1ccccc1. The number of hydrogen-bond donors (Lipinski definition) is 2. The Morgan fingerprint density at radius 2 is 1.76 bits per heavy atom. The van der Waals surface area contributed by atoms with Crippen LogP contribution in [0.1, 0.15) is 45.2 Å². The predicted octanol–water partition coefficient (Wildman–Crippen LogP) is 2.67. The summed E-state index contributed by atoms with van der Waals surface area (Å²) in [6.45, 7) is 5.89. The Balaban J connectivity index is 2.32. The molecule has 0 bridgehead atoms. The van der Waals surface area contributed by atoms with Crippen LogP contribution in [0.3, 0.4) is 0 Å². The van der Waals surface area contributed by atoms with Gasteiger partial charge in [-0.15, -0.1) is 0 Å². The molecule has 0 aromatic heterocycles.